The predicted molar refractivity (Wildman–Crippen MR) is 105 cm³/mol. The van der Waals surface area contributed by atoms with Crippen LogP contribution in [0.3, 0.4) is 0 Å². The van der Waals surface area contributed by atoms with Crippen molar-refractivity contribution in [3.05, 3.63) is 56.5 Å². The number of nitrogens with zero attached hydrogens (tertiary/aromatic N) is 1. The Labute approximate surface area is 163 Å². The summed E-state index contributed by atoms with van der Waals surface area (Å²) >= 11 is 6.81. The van der Waals surface area contributed by atoms with Gasteiger partial charge in [-0.25, -0.2) is 5.43 Å². The number of rotatable bonds is 7. The topological polar surface area (TPSA) is 59.9 Å². The monoisotopic (exact) mass is 468 g/mol. The van der Waals surface area contributed by atoms with Crippen LogP contribution in [-0.4, -0.2) is 25.8 Å². The second-order valence-electron chi connectivity index (χ2n) is 5.06. The van der Waals surface area contributed by atoms with E-state index in [1.165, 1.54) is 0 Å². The van der Waals surface area contributed by atoms with Crippen LogP contribution in [0.15, 0.2) is 50.4 Å². The molecule has 5 nitrogen and oxygen atoms in total. The molecular weight excluding hydrogens is 452 g/mol. The molecule has 0 aromatic heterocycles. The highest BCUT2D eigenvalue weighted by Gasteiger charge is 2.10. The van der Waals surface area contributed by atoms with E-state index in [0.29, 0.717) is 18.1 Å². The molecule has 0 aliphatic rings. The zero-order valence-corrected chi connectivity index (χ0v) is 17.1. The molecule has 2 aromatic rings. The summed E-state index contributed by atoms with van der Waals surface area (Å²) in [5, 5.41) is 4.00. The quantitative estimate of drug-likeness (QED) is 0.485. The normalized spacial score (nSPS) is 10.7. The van der Waals surface area contributed by atoms with Crippen LogP contribution >= 0.6 is 31.9 Å². The number of hydrogen-bond donors (Lipinski definition) is 1. The Morgan fingerprint density at radius 1 is 1.24 bits per heavy atom. The molecule has 0 saturated heterocycles. The van der Waals surface area contributed by atoms with Gasteiger partial charge in [-0.15, -0.1) is 0 Å². The van der Waals surface area contributed by atoms with E-state index in [0.717, 1.165) is 20.1 Å². The maximum atomic E-state index is 11.9. The summed E-state index contributed by atoms with van der Waals surface area (Å²) in [6.07, 6.45) is 1.83. The summed E-state index contributed by atoms with van der Waals surface area (Å²) in [5.41, 5.74) is 4.22. The van der Waals surface area contributed by atoms with E-state index in [-0.39, 0.29) is 12.3 Å². The highest BCUT2D eigenvalue weighted by Crippen LogP contribution is 2.36. The molecule has 0 radical (unpaired) electrons. The van der Waals surface area contributed by atoms with E-state index in [9.17, 15) is 4.79 Å². The van der Waals surface area contributed by atoms with Crippen molar-refractivity contribution in [3.63, 3.8) is 0 Å². The SMILES string of the molecule is CCOc1cc(/C=N/NC(=O)Cc2ccc(Br)cc2)cc(Br)c1OC. The number of hydrogen-bond acceptors (Lipinski definition) is 4. The van der Waals surface area contributed by atoms with Crippen LogP contribution in [0.5, 0.6) is 11.5 Å². The minimum Gasteiger partial charge on any atom is -0.492 e. The van der Waals surface area contributed by atoms with Crippen molar-refractivity contribution in [2.75, 3.05) is 13.7 Å². The molecule has 0 heterocycles. The third kappa shape index (κ3) is 5.86. The van der Waals surface area contributed by atoms with Crippen molar-refractivity contribution in [1.82, 2.24) is 5.43 Å². The fourth-order valence-electron chi connectivity index (χ4n) is 2.13. The first-order chi connectivity index (χ1) is 12.0. The minimum absolute atomic E-state index is 0.184. The van der Waals surface area contributed by atoms with E-state index in [1.807, 2.05) is 37.3 Å². The zero-order chi connectivity index (χ0) is 18.2. The summed E-state index contributed by atoms with van der Waals surface area (Å²) in [4.78, 5) is 11.9. The third-order valence-corrected chi connectivity index (χ3v) is 4.33. The van der Waals surface area contributed by atoms with Gasteiger partial charge in [0.25, 0.3) is 0 Å². The molecule has 0 bridgehead atoms. The van der Waals surface area contributed by atoms with Crippen molar-refractivity contribution in [2.45, 2.75) is 13.3 Å². The number of carbonyl (C=O) groups excluding carboxylic acids is 1. The average molecular weight is 470 g/mol. The van der Waals surface area contributed by atoms with E-state index >= 15 is 0 Å². The molecule has 2 rings (SSSR count). The second kappa shape index (κ2) is 9.58. The molecule has 0 unspecified atom stereocenters. The Balaban J connectivity index is 2.01. The molecule has 1 N–H and O–H groups in total. The molecule has 132 valence electrons. The first-order valence-corrected chi connectivity index (χ1v) is 9.18. The number of nitrogens with one attached hydrogen (secondary N) is 1. The number of benzene rings is 2. The highest BCUT2D eigenvalue weighted by atomic mass is 79.9. The molecular formula is C18H18Br2N2O3. The van der Waals surface area contributed by atoms with E-state index in [1.54, 1.807) is 19.4 Å². The first-order valence-electron chi connectivity index (χ1n) is 7.60. The largest absolute Gasteiger partial charge is 0.492 e. The number of halogens is 2. The molecule has 1 amide bonds. The van der Waals surface area contributed by atoms with Gasteiger partial charge in [0.2, 0.25) is 5.91 Å². The smallest absolute Gasteiger partial charge is 0.244 e. The lowest BCUT2D eigenvalue weighted by atomic mass is 10.1. The zero-order valence-electron chi connectivity index (χ0n) is 13.9. The van der Waals surface area contributed by atoms with Crippen molar-refractivity contribution in [3.8, 4) is 11.5 Å². The Kier molecular flexibility index (Phi) is 7.46. The molecule has 0 fully saturated rings. The number of hydrazone groups is 1. The first kappa shape index (κ1) is 19.5. The van der Waals surface area contributed by atoms with Gasteiger partial charge in [-0.05, 0) is 58.2 Å². The summed E-state index contributed by atoms with van der Waals surface area (Å²) in [6.45, 7) is 2.42. The standard InChI is InChI=1S/C18H18Br2N2O3/c1-3-25-16-9-13(8-15(20)18(16)24-2)11-21-22-17(23)10-12-4-6-14(19)7-5-12/h4-9,11H,3,10H2,1-2H3,(H,22,23)/b21-11+. The van der Waals surface area contributed by atoms with Crippen molar-refractivity contribution >= 4 is 44.0 Å². The van der Waals surface area contributed by atoms with Gasteiger partial charge in [-0.3, -0.25) is 4.79 Å². The van der Waals surface area contributed by atoms with Crippen LogP contribution in [0.2, 0.25) is 0 Å². The number of ether oxygens (including phenoxy) is 2. The number of methoxy groups -OCH3 is 1. The van der Waals surface area contributed by atoms with Crippen LogP contribution in [0.4, 0.5) is 0 Å². The van der Waals surface area contributed by atoms with Gasteiger partial charge < -0.3 is 9.47 Å². The molecule has 0 spiro atoms. The van der Waals surface area contributed by atoms with E-state index < -0.39 is 0 Å². The maximum Gasteiger partial charge on any atom is 0.244 e. The van der Waals surface area contributed by atoms with Crippen LogP contribution in [-0.2, 0) is 11.2 Å². The second-order valence-corrected chi connectivity index (χ2v) is 6.83. The summed E-state index contributed by atoms with van der Waals surface area (Å²) < 4.78 is 12.6. The fraction of sp³-hybridized carbons (Fsp3) is 0.222. The van der Waals surface area contributed by atoms with Crippen LogP contribution in [0, 0.1) is 0 Å². The Bertz CT molecular complexity index is 762. The highest BCUT2D eigenvalue weighted by molar-refractivity contribution is 9.10. The maximum absolute atomic E-state index is 11.9. The van der Waals surface area contributed by atoms with Crippen LogP contribution < -0.4 is 14.9 Å². The fourth-order valence-corrected chi connectivity index (χ4v) is 3.02. The van der Waals surface area contributed by atoms with Crippen molar-refractivity contribution in [2.24, 2.45) is 5.10 Å². The minimum atomic E-state index is -0.184. The van der Waals surface area contributed by atoms with Gasteiger partial charge in [0.05, 0.1) is 30.8 Å². The lowest BCUT2D eigenvalue weighted by molar-refractivity contribution is -0.120. The van der Waals surface area contributed by atoms with E-state index in [2.05, 4.69) is 42.4 Å². The third-order valence-electron chi connectivity index (χ3n) is 3.22. The molecule has 0 aliphatic heterocycles. The van der Waals surface area contributed by atoms with Gasteiger partial charge >= 0.3 is 0 Å². The van der Waals surface area contributed by atoms with Gasteiger partial charge in [-0.1, -0.05) is 28.1 Å². The predicted octanol–water partition coefficient (Wildman–Crippen LogP) is 4.31. The van der Waals surface area contributed by atoms with Gasteiger partial charge in [0.1, 0.15) is 0 Å². The van der Waals surface area contributed by atoms with Crippen LogP contribution in [0.1, 0.15) is 18.1 Å². The van der Waals surface area contributed by atoms with Gasteiger partial charge in [-0.2, -0.15) is 5.10 Å². The van der Waals surface area contributed by atoms with Crippen molar-refractivity contribution in [1.29, 1.82) is 0 Å². The molecule has 2 aromatic carbocycles. The molecule has 25 heavy (non-hydrogen) atoms. The average Bonchev–Trinajstić information content (AvgIpc) is 2.57. The molecule has 0 aliphatic carbocycles. The molecule has 0 atom stereocenters. The van der Waals surface area contributed by atoms with Crippen LogP contribution in [0.25, 0.3) is 0 Å². The number of amides is 1. The molecule has 0 saturated carbocycles. The molecule has 7 heteroatoms. The van der Waals surface area contributed by atoms with Gasteiger partial charge in [0, 0.05) is 4.47 Å². The summed E-state index contributed by atoms with van der Waals surface area (Å²) in [6, 6.07) is 11.2. The lowest BCUT2D eigenvalue weighted by Crippen LogP contribution is -2.19. The summed E-state index contributed by atoms with van der Waals surface area (Å²) in [5.74, 6) is 1.05. The number of carbonyl (C=O) groups is 1. The van der Waals surface area contributed by atoms with Crippen molar-refractivity contribution < 1.29 is 14.3 Å². The lowest BCUT2D eigenvalue weighted by Gasteiger charge is -2.11. The van der Waals surface area contributed by atoms with E-state index in [4.69, 9.17) is 9.47 Å². The summed E-state index contributed by atoms with van der Waals surface area (Å²) in [7, 11) is 1.58. The Morgan fingerprint density at radius 3 is 2.60 bits per heavy atom. The Hall–Kier alpha value is -1.86. The van der Waals surface area contributed by atoms with Gasteiger partial charge in [0.15, 0.2) is 11.5 Å². The Morgan fingerprint density at radius 2 is 1.96 bits per heavy atom.